The minimum atomic E-state index is -3.58. The second-order valence-electron chi connectivity index (χ2n) is 8.02. The van der Waals surface area contributed by atoms with Crippen LogP contribution in [-0.2, 0) is 26.3 Å². The molecule has 1 amide bonds. The van der Waals surface area contributed by atoms with Crippen molar-refractivity contribution in [3.05, 3.63) is 69.2 Å². The predicted octanol–water partition coefficient (Wildman–Crippen LogP) is 4.89. The van der Waals surface area contributed by atoms with Crippen LogP contribution in [0.5, 0.6) is 0 Å². The molecule has 0 aliphatic carbocycles. The number of hydrogen-bond acceptors (Lipinski definition) is 4. The molecular formula is C23H28Cl2N2O3S2. The summed E-state index contributed by atoms with van der Waals surface area (Å²) < 4.78 is 27.2. The fourth-order valence-corrected chi connectivity index (χ4v) is 6.72. The Morgan fingerprint density at radius 1 is 1.22 bits per heavy atom. The molecule has 0 bridgehead atoms. The Morgan fingerprint density at radius 2 is 2.03 bits per heavy atom. The Bertz CT molecular complexity index is 1050. The highest BCUT2D eigenvalue weighted by Gasteiger charge is 2.32. The lowest BCUT2D eigenvalue weighted by Crippen LogP contribution is -2.46. The smallest absolute Gasteiger partial charge is 0.224 e. The minimum Gasteiger partial charge on any atom is -0.355 e. The number of carbonyl (C=O) groups is 1. The van der Waals surface area contributed by atoms with E-state index in [-0.39, 0.29) is 24.1 Å². The molecule has 0 aromatic heterocycles. The average molecular weight is 516 g/mol. The van der Waals surface area contributed by atoms with E-state index in [9.17, 15) is 13.2 Å². The first-order chi connectivity index (χ1) is 15.2. The van der Waals surface area contributed by atoms with Crippen molar-refractivity contribution in [1.29, 1.82) is 0 Å². The molecular weight excluding hydrogens is 487 g/mol. The van der Waals surface area contributed by atoms with Gasteiger partial charge in [-0.3, -0.25) is 4.79 Å². The van der Waals surface area contributed by atoms with Crippen molar-refractivity contribution in [2.45, 2.75) is 31.3 Å². The van der Waals surface area contributed by atoms with Crippen LogP contribution in [0.3, 0.4) is 0 Å². The molecule has 32 heavy (non-hydrogen) atoms. The van der Waals surface area contributed by atoms with Gasteiger partial charge in [0.05, 0.1) is 11.7 Å². The molecule has 1 heterocycles. The molecule has 1 saturated heterocycles. The van der Waals surface area contributed by atoms with Gasteiger partial charge in [-0.25, -0.2) is 12.7 Å². The lowest BCUT2D eigenvalue weighted by Gasteiger charge is -2.31. The molecule has 5 nitrogen and oxygen atoms in total. The zero-order valence-electron chi connectivity index (χ0n) is 18.0. The summed E-state index contributed by atoms with van der Waals surface area (Å²) in [5.74, 6) is 1.10. The van der Waals surface area contributed by atoms with E-state index in [4.69, 9.17) is 23.2 Å². The van der Waals surface area contributed by atoms with Gasteiger partial charge in [0, 0.05) is 41.2 Å². The predicted molar refractivity (Wildman–Crippen MR) is 134 cm³/mol. The van der Waals surface area contributed by atoms with Crippen LogP contribution in [0.4, 0.5) is 0 Å². The molecule has 1 unspecified atom stereocenters. The highest BCUT2D eigenvalue weighted by Crippen LogP contribution is 2.26. The van der Waals surface area contributed by atoms with Crippen LogP contribution in [0.25, 0.3) is 0 Å². The molecule has 0 saturated carbocycles. The largest absolute Gasteiger partial charge is 0.355 e. The van der Waals surface area contributed by atoms with Crippen LogP contribution in [0.2, 0.25) is 10.0 Å². The molecule has 9 heteroatoms. The number of rotatable bonds is 9. The molecule has 174 valence electrons. The number of piperidine rings is 1. The van der Waals surface area contributed by atoms with E-state index in [2.05, 4.69) is 36.5 Å². The van der Waals surface area contributed by atoms with E-state index in [0.717, 1.165) is 11.5 Å². The van der Waals surface area contributed by atoms with Gasteiger partial charge in [0.2, 0.25) is 15.9 Å². The normalized spacial score (nSPS) is 17.3. The number of carbonyl (C=O) groups excluding carboxylic acids is 1. The van der Waals surface area contributed by atoms with Crippen LogP contribution >= 0.6 is 35.0 Å². The van der Waals surface area contributed by atoms with Gasteiger partial charge in [-0.2, -0.15) is 11.8 Å². The summed E-state index contributed by atoms with van der Waals surface area (Å²) in [5.41, 5.74) is 3.02. The Labute approximate surface area is 204 Å². The molecule has 1 aliphatic rings. The SMILES string of the molecule is Cc1cccc(CSCCNC(=O)C2CCCN(S(=O)(=O)Cc3ccc(Cl)cc3Cl)C2)c1. The third kappa shape index (κ3) is 7.39. The number of nitrogens with zero attached hydrogens (tertiary/aromatic N) is 1. The zero-order chi connectivity index (χ0) is 23.1. The number of thioether (sulfide) groups is 1. The fourth-order valence-electron chi connectivity index (χ4n) is 3.72. The lowest BCUT2D eigenvalue weighted by atomic mass is 9.99. The van der Waals surface area contributed by atoms with Crippen molar-refractivity contribution >= 4 is 50.9 Å². The highest BCUT2D eigenvalue weighted by atomic mass is 35.5. The number of hydrogen-bond donors (Lipinski definition) is 1. The first-order valence-electron chi connectivity index (χ1n) is 10.6. The number of aryl methyl sites for hydroxylation is 1. The van der Waals surface area contributed by atoms with E-state index >= 15 is 0 Å². The van der Waals surface area contributed by atoms with Crippen LogP contribution in [0, 0.1) is 12.8 Å². The average Bonchev–Trinajstić information content (AvgIpc) is 2.75. The van der Waals surface area contributed by atoms with Gasteiger partial charge < -0.3 is 5.32 Å². The van der Waals surface area contributed by atoms with Gasteiger partial charge >= 0.3 is 0 Å². The quantitative estimate of drug-likeness (QED) is 0.483. The van der Waals surface area contributed by atoms with Crippen LogP contribution in [0.15, 0.2) is 42.5 Å². The van der Waals surface area contributed by atoms with Crippen LogP contribution in [-0.4, -0.2) is 44.0 Å². The van der Waals surface area contributed by atoms with E-state index < -0.39 is 10.0 Å². The van der Waals surface area contributed by atoms with Crippen molar-refractivity contribution in [2.75, 3.05) is 25.4 Å². The number of halogens is 2. The third-order valence-corrected chi connectivity index (χ3v) is 8.81. The number of sulfonamides is 1. The number of amides is 1. The van der Waals surface area contributed by atoms with Crippen LogP contribution in [0.1, 0.15) is 29.5 Å². The van der Waals surface area contributed by atoms with E-state index in [1.54, 1.807) is 23.9 Å². The molecule has 2 aromatic carbocycles. The Kier molecular flexibility index (Phi) is 9.32. The maximum absolute atomic E-state index is 12.9. The number of nitrogens with one attached hydrogen (secondary N) is 1. The minimum absolute atomic E-state index is 0.0782. The van der Waals surface area contributed by atoms with Gasteiger partial charge in [0.1, 0.15) is 0 Å². The summed E-state index contributed by atoms with van der Waals surface area (Å²) in [6.07, 6.45) is 1.35. The van der Waals surface area contributed by atoms with Crippen molar-refractivity contribution < 1.29 is 13.2 Å². The molecule has 0 spiro atoms. The van der Waals surface area contributed by atoms with Gasteiger partial charge in [-0.05, 0) is 43.0 Å². The standard InChI is InChI=1S/C23H28Cl2N2O3S2/c1-17-4-2-5-18(12-17)15-31-11-9-26-23(28)19-6-3-10-27(14-19)32(29,30)16-20-7-8-21(24)13-22(20)25/h2,4-5,7-8,12-13,19H,3,6,9-11,14-16H2,1H3,(H,26,28). The Balaban J connectivity index is 1.46. The molecule has 2 aromatic rings. The molecule has 1 atom stereocenters. The molecule has 1 N–H and O–H groups in total. The first kappa shape index (κ1) is 25.4. The second-order valence-corrected chi connectivity index (χ2v) is 11.9. The van der Waals surface area contributed by atoms with Gasteiger partial charge in [0.15, 0.2) is 0 Å². The van der Waals surface area contributed by atoms with Crippen molar-refractivity contribution in [3.63, 3.8) is 0 Å². The fraction of sp³-hybridized carbons (Fsp3) is 0.435. The summed E-state index contributed by atoms with van der Waals surface area (Å²) >= 11 is 13.8. The highest BCUT2D eigenvalue weighted by molar-refractivity contribution is 7.98. The summed E-state index contributed by atoms with van der Waals surface area (Å²) in [7, 11) is -3.58. The maximum Gasteiger partial charge on any atom is 0.224 e. The van der Waals surface area contributed by atoms with E-state index in [1.807, 2.05) is 0 Å². The Morgan fingerprint density at radius 3 is 2.78 bits per heavy atom. The summed E-state index contributed by atoms with van der Waals surface area (Å²) in [4.78, 5) is 12.6. The van der Waals surface area contributed by atoms with Gasteiger partial charge in [-0.15, -0.1) is 0 Å². The maximum atomic E-state index is 12.9. The molecule has 0 radical (unpaired) electrons. The topological polar surface area (TPSA) is 66.5 Å². The summed E-state index contributed by atoms with van der Waals surface area (Å²) in [5, 5.41) is 3.76. The molecule has 1 fully saturated rings. The molecule has 3 rings (SSSR count). The number of benzene rings is 2. The molecule has 1 aliphatic heterocycles. The van der Waals surface area contributed by atoms with Gasteiger partial charge in [-0.1, -0.05) is 59.1 Å². The third-order valence-electron chi connectivity index (χ3n) is 5.40. The van der Waals surface area contributed by atoms with Gasteiger partial charge in [0.25, 0.3) is 0 Å². The van der Waals surface area contributed by atoms with Crippen molar-refractivity contribution in [2.24, 2.45) is 5.92 Å². The second kappa shape index (κ2) is 11.7. The zero-order valence-corrected chi connectivity index (χ0v) is 21.2. The lowest BCUT2D eigenvalue weighted by molar-refractivity contribution is -0.125. The summed E-state index contributed by atoms with van der Waals surface area (Å²) in [6, 6.07) is 13.2. The summed E-state index contributed by atoms with van der Waals surface area (Å²) in [6.45, 7) is 3.27. The Hall–Kier alpha value is -1.25. The van der Waals surface area contributed by atoms with Crippen molar-refractivity contribution in [3.8, 4) is 0 Å². The van der Waals surface area contributed by atoms with Crippen molar-refractivity contribution in [1.82, 2.24) is 9.62 Å². The monoisotopic (exact) mass is 514 g/mol. The van der Waals surface area contributed by atoms with E-state index in [1.165, 1.54) is 21.5 Å². The van der Waals surface area contributed by atoms with Crippen LogP contribution < -0.4 is 5.32 Å². The first-order valence-corrected chi connectivity index (χ1v) is 14.1. The van der Waals surface area contributed by atoms with E-state index in [0.29, 0.717) is 41.5 Å².